The van der Waals surface area contributed by atoms with Gasteiger partial charge in [0.25, 0.3) is 0 Å². The van der Waals surface area contributed by atoms with Crippen LogP contribution >= 0.6 is 0 Å². The van der Waals surface area contributed by atoms with E-state index in [1.165, 1.54) is 11.6 Å². The first-order valence-electron chi connectivity index (χ1n) is 9.51. The van der Waals surface area contributed by atoms with Crippen molar-refractivity contribution in [2.45, 2.75) is 6.42 Å². The Kier molecular flexibility index (Phi) is 5.61. The van der Waals surface area contributed by atoms with E-state index in [0.717, 1.165) is 45.0 Å². The van der Waals surface area contributed by atoms with Crippen LogP contribution in [-0.4, -0.2) is 47.9 Å². The molecule has 7 heteroatoms. The Hall–Kier alpha value is -3.22. The molecule has 0 unspecified atom stereocenters. The van der Waals surface area contributed by atoms with Gasteiger partial charge >= 0.3 is 0 Å². The fraction of sp³-hybridized carbons (Fsp3) is 0.286. The molecule has 0 radical (unpaired) electrons. The zero-order valence-electron chi connectivity index (χ0n) is 15.6. The molecule has 0 aliphatic carbocycles. The van der Waals surface area contributed by atoms with Crippen molar-refractivity contribution in [2.75, 3.05) is 47.8 Å². The number of anilines is 3. The summed E-state index contributed by atoms with van der Waals surface area (Å²) in [6.45, 7) is 3.74. The Morgan fingerprint density at radius 1 is 0.893 bits per heavy atom. The summed E-state index contributed by atoms with van der Waals surface area (Å²) in [6.07, 6.45) is 2.58. The molecule has 0 saturated carbocycles. The fourth-order valence-corrected chi connectivity index (χ4v) is 3.37. The number of benzene rings is 2. The van der Waals surface area contributed by atoms with Crippen molar-refractivity contribution in [1.29, 1.82) is 0 Å². The molecule has 1 aromatic heterocycles. The Bertz CT molecular complexity index is 896. The highest BCUT2D eigenvalue weighted by Gasteiger charge is 2.20. The average Bonchev–Trinajstić information content (AvgIpc) is 2.75. The van der Waals surface area contributed by atoms with Crippen molar-refractivity contribution in [3.8, 4) is 0 Å². The minimum absolute atomic E-state index is 0.176. The molecule has 0 amide bonds. The van der Waals surface area contributed by atoms with Crippen LogP contribution in [0.4, 0.5) is 21.8 Å². The van der Waals surface area contributed by atoms with E-state index in [4.69, 9.17) is 0 Å². The number of rotatable bonds is 6. The van der Waals surface area contributed by atoms with Crippen LogP contribution in [0, 0.1) is 5.82 Å². The third-order valence-electron chi connectivity index (χ3n) is 4.88. The summed E-state index contributed by atoms with van der Waals surface area (Å²) in [5.41, 5.74) is 1.93. The minimum Gasteiger partial charge on any atom is -0.366 e. The van der Waals surface area contributed by atoms with E-state index in [1.807, 2.05) is 30.3 Å². The molecule has 0 atom stereocenters. The van der Waals surface area contributed by atoms with Crippen molar-refractivity contribution in [3.63, 3.8) is 0 Å². The summed E-state index contributed by atoms with van der Waals surface area (Å²) < 4.78 is 14.0. The Labute approximate surface area is 164 Å². The van der Waals surface area contributed by atoms with Gasteiger partial charge in [0.15, 0.2) is 5.82 Å². The highest BCUT2D eigenvalue weighted by Crippen LogP contribution is 2.22. The number of aromatic nitrogens is 3. The van der Waals surface area contributed by atoms with Gasteiger partial charge in [-0.1, -0.05) is 42.5 Å². The molecular weight excluding hydrogens is 355 g/mol. The molecule has 2 heterocycles. The van der Waals surface area contributed by atoms with Crippen molar-refractivity contribution in [1.82, 2.24) is 15.2 Å². The Morgan fingerprint density at radius 2 is 1.61 bits per heavy atom. The van der Waals surface area contributed by atoms with Crippen LogP contribution in [-0.2, 0) is 6.42 Å². The van der Waals surface area contributed by atoms with Crippen molar-refractivity contribution >= 4 is 17.5 Å². The molecule has 1 N–H and O–H groups in total. The lowest BCUT2D eigenvalue weighted by molar-refractivity contribution is 0.595. The predicted molar refractivity (Wildman–Crippen MR) is 109 cm³/mol. The van der Waals surface area contributed by atoms with E-state index < -0.39 is 0 Å². The Morgan fingerprint density at radius 3 is 2.39 bits per heavy atom. The third kappa shape index (κ3) is 4.36. The molecule has 1 saturated heterocycles. The molecule has 144 valence electrons. The van der Waals surface area contributed by atoms with Gasteiger partial charge in [0, 0.05) is 32.7 Å². The van der Waals surface area contributed by atoms with Crippen molar-refractivity contribution in [2.24, 2.45) is 0 Å². The molecule has 4 rings (SSSR count). The van der Waals surface area contributed by atoms with Gasteiger partial charge in [-0.15, -0.1) is 5.10 Å². The molecule has 3 aromatic rings. The Balaban J connectivity index is 1.33. The first-order chi connectivity index (χ1) is 13.8. The molecule has 0 bridgehead atoms. The van der Waals surface area contributed by atoms with Crippen LogP contribution in [0.1, 0.15) is 5.56 Å². The normalized spacial score (nSPS) is 14.2. The monoisotopic (exact) mass is 378 g/mol. The number of para-hydroxylation sites is 1. The molecule has 28 heavy (non-hydrogen) atoms. The number of nitrogens with one attached hydrogen (secondary N) is 1. The maximum absolute atomic E-state index is 14.0. The predicted octanol–water partition coefficient (Wildman–Crippen LogP) is 2.99. The maximum atomic E-state index is 14.0. The summed E-state index contributed by atoms with van der Waals surface area (Å²) in [7, 11) is 0. The van der Waals surface area contributed by atoms with Gasteiger partial charge in [-0.25, -0.2) is 4.39 Å². The SMILES string of the molecule is Fc1ccccc1N1CCN(c2cnnc(NCCc3ccccc3)n2)CC1. The summed E-state index contributed by atoms with van der Waals surface area (Å²) in [4.78, 5) is 8.82. The van der Waals surface area contributed by atoms with Gasteiger partial charge in [0.1, 0.15) is 5.82 Å². The van der Waals surface area contributed by atoms with E-state index in [2.05, 4.69) is 42.4 Å². The number of hydrogen-bond donors (Lipinski definition) is 1. The number of nitrogens with zero attached hydrogens (tertiary/aromatic N) is 5. The highest BCUT2D eigenvalue weighted by atomic mass is 19.1. The van der Waals surface area contributed by atoms with E-state index in [0.29, 0.717) is 11.6 Å². The lowest BCUT2D eigenvalue weighted by atomic mass is 10.1. The zero-order valence-corrected chi connectivity index (χ0v) is 15.6. The first-order valence-corrected chi connectivity index (χ1v) is 9.51. The summed E-state index contributed by atoms with van der Waals surface area (Å²) in [6, 6.07) is 17.2. The van der Waals surface area contributed by atoms with E-state index in [9.17, 15) is 4.39 Å². The van der Waals surface area contributed by atoms with Crippen molar-refractivity contribution in [3.05, 3.63) is 72.2 Å². The number of hydrogen-bond acceptors (Lipinski definition) is 6. The van der Waals surface area contributed by atoms with E-state index >= 15 is 0 Å². The second-order valence-electron chi connectivity index (χ2n) is 6.73. The van der Waals surface area contributed by atoms with E-state index in [1.54, 1.807) is 12.3 Å². The molecule has 1 aliphatic rings. The lowest BCUT2D eigenvalue weighted by Crippen LogP contribution is -2.47. The number of piperazine rings is 1. The second-order valence-corrected chi connectivity index (χ2v) is 6.73. The fourth-order valence-electron chi connectivity index (χ4n) is 3.37. The van der Waals surface area contributed by atoms with Crippen LogP contribution in [0.2, 0.25) is 0 Å². The molecular formula is C21H23FN6. The van der Waals surface area contributed by atoms with Crippen LogP contribution in [0.25, 0.3) is 0 Å². The van der Waals surface area contributed by atoms with Gasteiger partial charge in [-0.3, -0.25) is 0 Å². The summed E-state index contributed by atoms with van der Waals surface area (Å²) >= 11 is 0. The minimum atomic E-state index is -0.176. The van der Waals surface area contributed by atoms with Gasteiger partial charge in [-0.05, 0) is 24.1 Å². The molecule has 1 aliphatic heterocycles. The van der Waals surface area contributed by atoms with Gasteiger partial charge in [-0.2, -0.15) is 10.1 Å². The van der Waals surface area contributed by atoms with Crippen LogP contribution < -0.4 is 15.1 Å². The third-order valence-corrected chi connectivity index (χ3v) is 4.88. The molecule has 0 spiro atoms. The van der Waals surface area contributed by atoms with Gasteiger partial charge in [0.2, 0.25) is 5.95 Å². The molecule has 1 fully saturated rings. The number of halogens is 1. The van der Waals surface area contributed by atoms with Crippen molar-refractivity contribution < 1.29 is 4.39 Å². The van der Waals surface area contributed by atoms with Gasteiger partial charge in [0.05, 0.1) is 11.9 Å². The summed E-state index contributed by atoms with van der Waals surface area (Å²) in [5, 5.41) is 11.4. The standard InChI is InChI=1S/C21H23FN6/c22-18-8-4-5-9-19(18)27-12-14-28(15-13-27)20-16-24-26-21(25-20)23-11-10-17-6-2-1-3-7-17/h1-9,16H,10-15H2,(H,23,25,26). The van der Waals surface area contributed by atoms with Crippen LogP contribution in [0.3, 0.4) is 0 Å². The quantitative estimate of drug-likeness (QED) is 0.712. The maximum Gasteiger partial charge on any atom is 0.244 e. The second kappa shape index (κ2) is 8.65. The summed E-state index contributed by atoms with van der Waals surface area (Å²) in [5.74, 6) is 1.15. The van der Waals surface area contributed by atoms with Gasteiger partial charge < -0.3 is 15.1 Å². The molecule has 6 nitrogen and oxygen atoms in total. The molecule has 2 aromatic carbocycles. The van der Waals surface area contributed by atoms with Crippen LogP contribution in [0.15, 0.2) is 60.8 Å². The smallest absolute Gasteiger partial charge is 0.244 e. The highest BCUT2D eigenvalue weighted by molar-refractivity contribution is 5.50. The largest absolute Gasteiger partial charge is 0.366 e. The lowest BCUT2D eigenvalue weighted by Gasteiger charge is -2.36. The van der Waals surface area contributed by atoms with E-state index in [-0.39, 0.29) is 5.82 Å². The first kappa shape index (κ1) is 18.2. The van der Waals surface area contributed by atoms with Crippen LogP contribution in [0.5, 0.6) is 0 Å². The average molecular weight is 378 g/mol. The topological polar surface area (TPSA) is 57.2 Å². The zero-order chi connectivity index (χ0) is 19.2.